The van der Waals surface area contributed by atoms with Crippen LogP contribution in [0.3, 0.4) is 0 Å². The standard InChI is InChI=1S/C12H18BrNO3S/c1-9(2)17-7-6-14-18(15,16)12-8-11(13)5-4-10(12)3/h4-5,8-9,14H,6-7H2,1-3H3. The second-order valence-corrected chi connectivity index (χ2v) is 6.88. The van der Waals surface area contributed by atoms with Crippen molar-refractivity contribution in [3.05, 3.63) is 28.2 Å². The van der Waals surface area contributed by atoms with Crippen molar-refractivity contribution in [3.63, 3.8) is 0 Å². The summed E-state index contributed by atoms with van der Waals surface area (Å²) in [7, 11) is -3.47. The zero-order chi connectivity index (χ0) is 13.8. The summed E-state index contributed by atoms with van der Waals surface area (Å²) in [5.41, 5.74) is 0.718. The van der Waals surface area contributed by atoms with Crippen LogP contribution in [0.2, 0.25) is 0 Å². The Balaban J connectivity index is 2.71. The van der Waals surface area contributed by atoms with E-state index in [4.69, 9.17) is 4.74 Å². The van der Waals surface area contributed by atoms with Crippen molar-refractivity contribution in [2.24, 2.45) is 0 Å². The summed E-state index contributed by atoms with van der Waals surface area (Å²) in [6.07, 6.45) is 0.0992. The van der Waals surface area contributed by atoms with E-state index in [9.17, 15) is 8.42 Å². The number of aryl methyl sites for hydroxylation is 1. The van der Waals surface area contributed by atoms with Gasteiger partial charge in [0.2, 0.25) is 10.0 Å². The van der Waals surface area contributed by atoms with Gasteiger partial charge in [-0.05, 0) is 38.5 Å². The van der Waals surface area contributed by atoms with Crippen molar-refractivity contribution in [2.75, 3.05) is 13.2 Å². The topological polar surface area (TPSA) is 55.4 Å². The summed E-state index contributed by atoms with van der Waals surface area (Å²) in [6.45, 7) is 6.22. The molecule has 18 heavy (non-hydrogen) atoms. The molecule has 0 radical (unpaired) electrons. The van der Waals surface area contributed by atoms with Gasteiger partial charge >= 0.3 is 0 Å². The molecule has 0 amide bonds. The predicted molar refractivity (Wildman–Crippen MR) is 75.2 cm³/mol. The molecule has 102 valence electrons. The molecule has 0 aliphatic carbocycles. The van der Waals surface area contributed by atoms with E-state index in [2.05, 4.69) is 20.7 Å². The molecule has 6 heteroatoms. The Morgan fingerprint density at radius 1 is 1.39 bits per heavy atom. The van der Waals surface area contributed by atoms with Gasteiger partial charge in [-0.25, -0.2) is 13.1 Å². The quantitative estimate of drug-likeness (QED) is 0.812. The first kappa shape index (κ1) is 15.6. The monoisotopic (exact) mass is 335 g/mol. The first-order valence-electron chi connectivity index (χ1n) is 5.70. The number of hydrogen-bond donors (Lipinski definition) is 1. The molecule has 1 rings (SSSR count). The normalized spacial score (nSPS) is 12.1. The SMILES string of the molecule is Cc1ccc(Br)cc1S(=O)(=O)NCCOC(C)C. The number of sulfonamides is 1. The van der Waals surface area contributed by atoms with Gasteiger partial charge in [0.05, 0.1) is 17.6 Å². The molecule has 0 bridgehead atoms. The fourth-order valence-electron chi connectivity index (χ4n) is 1.41. The number of ether oxygens (including phenoxy) is 1. The molecule has 1 aromatic rings. The highest BCUT2D eigenvalue weighted by molar-refractivity contribution is 9.10. The number of benzene rings is 1. The van der Waals surface area contributed by atoms with Crippen LogP contribution in [0.25, 0.3) is 0 Å². The maximum atomic E-state index is 12.1. The van der Waals surface area contributed by atoms with E-state index in [-0.39, 0.29) is 12.6 Å². The summed E-state index contributed by atoms with van der Waals surface area (Å²) in [5, 5.41) is 0. The van der Waals surface area contributed by atoms with Gasteiger partial charge in [-0.1, -0.05) is 22.0 Å². The molecule has 0 aliphatic heterocycles. The van der Waals surface area contributed by atoms with Crippen molar-refractivity contribution in [1.82, 2.24) is 4.72 Å². The van der Waals surface area contributed by atoms with Gasteiger partial charge in [0, 0.05) is 11.0 Å². The highest BCUT2D eigenvalue weighted by Crippen LogP contribution is 2.20. The molecule has 0 aromatic heterocycles. The van der Waals surface area contributed by atoms with Crippen LogP contribution in [0, 0.1) is 6.92 Å². The van der Waals surface area contributed by atoms with Crippen LogP contribution in [-0.2, 0) is 14.8 Å². The van der Waals surface area contributed by atoms with Crippen LogP contribution in [-0.4, -0.2) is 27.7 Å². The van der Waals surface area contributed by atoms with Gasteiger partial charge in [0.15, 0.2) is 0 Å². The summed E-state index contributed by atoms with van der Waals surface area (Å²) in [5.74, 6) is 0. The molecule has 0 aliphatic rings. The third-order valence-corrected chi connectivity index (χ3v) is 4.38. The van der Waals surface area contributed by atoms with Gasteiger partial charge in [0.1, 0.15) is 0 Å². The van der Waals surface area contributed by atoms with Crippen LogP contribution in [0.5, 0.6) is 0 Å². The molecular formula is C12H18BrNO3S. The van der Waals surface area contributed by atoms with Crippen molar-refractivity contribution in [1.29, 1.82) is 0 Å². The van der Waals surface area contributed by atoms with Gasteiger partial charge < -0.3 is 4.74 Å². The number of hydrogen-bond acceptors (Lipinski definition) is 3. The predicted octanol–water partition coefficient (Wildman–Crippen LogP) is 2.46. The van der Waals surface area contributed by atoms with Crippen LogP contribution in [0.1, 0.15) is 19.4 Å². The summed E-state index contributed by atoms with van der Waals surface area (Å²) < 4.78 is 32.7. The zero-order valence-electron chi connectivity index (χ0n) is 10.7. The van der Waals surface area contributed by atoms with Gasteiger partial charge in [-0.15, -0.1) is 0 Å². The van der Waals surface area contributed by atoms with Crippen LogP contribution >= 0.6 is 15.9 Å². The molecule has 0 atom stereocenters. The zero-order valence-corrected chi connectivity index (χ0v) is 13.1. The van der Waals surface area contributed by atoms with E-state index >= 15 is 0 Å². The number of nitrogens with one attached hydrogen (secondary N) is 1. The minimum Gasteiger partial charge on any atom is -0.377 e. The third kappa shape index (κ3) is 4.68. The smallest absolute Gasteiger partial charge is 0.240 e. The lowest BCUT2D eigenvalue weighted by molar-refractivity contribution is 0.0834. The molecule has 1 aromatic carbocycles. The lowest BCUT2D eigenvalue weighted by atomic mass is 10.2. The number of halogens is 1. The van der Waals surface area contributed by atoms with Crippen molar-refractivity contribution in [3.8, 4) is 0 Å². The van der Waals surface area contributed by atoms with E-state index in [0.717, 1.165) is 10.0 Å². The van der Waals surface area contributed by atoms with Gasteiger partial charge in [-0.2, -0.15) is 0 Å². The second kappa shape index (κ2) is 6.65. The minimum absolute atomic E-state index is 0.0992. The lowest BCUT2D eigenvalue weighted by Gasteiger charge is -2.11. The van der Waals surface area contributed by atoms with Gasteiger partial charge in [-0.3, -0.25) is 0 Å². The Labute approximate surface area is 117 Å². The van der Waals surface area contributed by atoms with Crippen LogP contribution < -0.4 is 4.72 Å². The summed E-state index contributed by atoms with van der Waals surface area (Å²) in [4.78, 5) is 0.293. The van der Waals surface area contributed by atoms with Crippen LogP contribution in [0.4, 0.5) is 0 Å². The summed E-state index contributed by atoms with van der Waals surface area (Å²) >= 11 is 3.27. The fraction of sp³-hybridized carbons (Fsp3) is 0.500. The molecule has 0 saturated heterocycles. The fourth-order valence-corrected chi connectivity index (χ4v) is 3.21. The molecule has 0 saturated carbocycles. The van der Waals surface area contributed by atoms with Crippen molar-refractivity contribution < 1.29 is 13.2 Å². The van der Waals surface area contributed by atoms with E-state index < -0.39 is 10.0 Å². The van der Waals surface area contributed by atoms with E-state index in [1.807, 2.05) is 19.9 Å². The minimum atomic E-state index is -3.47. The third-order valence-electron chi connectivity index (χ3n) is 2.29. The average molecular weight is 336 g/mol. The first-order valence-corrected chi connectivity index (χ1v) is 7.98. The maximum Gasteiger partial charge on any atom is 0.240 e. The lowest BCUT2D eigenvalue weighted by Crippen LogP contribution is -2.28. The van der Waals surface area contributed by atoms with E-state index in [1.54, 1.807) is 19.1 Å². The first-order chi connectivity index (χ1) is 8.33. The van der Waals surface area contributed by atoms with Crippen LogP contribution in [0.15, 0.2) is 27.6 Å². The summed E-state index contributed by atoms with van der Waals surface area (Å²) in [6, 6.07) is 5.18. The Hall–Kier alpha value is -0.430. The van der Waals surface area contributed by atoms with Crippen molar-refractivity contribution in [2.45, 2.75) is 31.8 Å². The highest BCUT2D eigenvalue weighted by Gasteiger charge is 2.16. The Kier molecular flexibility index (Phi) is 5.78. The Morgan fingerprint density at radius 2 is 2.06 bits per heavy atom. The largest absolute Gasteiger partial charge is 0.377 e. The van der Waals surface area contributed by atoms with E-state index in [0.29, 0.717) is 11.5 Å². The Bertz CT molecular complexity index is 500. The molecule has 4 nitrogen and oxygen atoms in total. The molecule has 0 spiro atoms. The van der Waals surface area contributed by atoms with Crippen molar-refractivity contribution >= 4 is 26.0 Å². The van der Waals surface area contributed by atoms with Gasteiger partial charge in [0.25, 0.3) is 0 Å². The molecule has 0 unspecified atom stereocenters. The molecule has 0 fully saturated rings. The average Bonchev–Trinajstić information content (AvgIpc) is 2.27. The van der Waals surface area contributed by atoms with E-state index in [1.165, 1.54) is 0 Å². The molecule has 1 N–H and O–H groups in total. The maximum absolute atomic E-state index is 12.1. The Morgan fingerprint density at radius 3 is 2.67 bits per heavy atom. The molecular weight excluding hydrogens is 318 g/mol. The second-order valence-electron chi connectivity index (χ2n) is 4.23. The highest BCUT2D eigenvalue weighted by atomic mass is 79.9. The molecule has 0 heterocycles. The number of rotatable bonds is 6.